The second-order valence-electron chi connectivity index (χ2n) is 5.73. The molecule has 2 aromatic carbocycles. The zero-order valence-corrected chi connectivity index (χ0v) is 17.3. The van der Waals surface area contributed by atoms with Gasteiger partial charge < -0.3 is 14.0 Å². The second-order valence-corrected chi connectivity index (χ2v) is 6.59. The number of imidazole rings is 1. The second kappa shape index (κ2) is 8.90. The van der Waals surface area contributed by atoms with E-state index < -0.39 is 0 Å². The number of nitrogens with one attached hydrogen (secondary N) is 1. The van der Waals surface area contributed by atoms with Gasteiger partial charge in [0.1, 0.15) is 0 Å². The van der Waals surface area contributed by atoms with E-state index in [0.717, 1.165) is 27.6 Å². The average molecular weight is 431 g/mol. The lowest BCUT2D eigenvalue weighted by Gasteiger charge is -2.13. The molecule has 0 bridgehead atoms. The van der Waals surface area contributed by atoms with Crippen molar-refractivity contribution >= 4 is 39.1 Å². The highest BCUT2D eigenvalue weighted by Gasteiger charge is 2.11. The van der Waals surface area contributed by atoms with Gasteiger partial charge in [-0.05, 0) is 66.5 Å². The molecule has 0 amide bonds. The summed E-state index contributed by atoms with van der Waals surface area (Å²) < 4.78 is 14.3. The number of halogens is 1. The summed E-state index contributed by atoms with van der Waals surface area (Å²) in [5.41, 5.74) is 5.96. The molecule has 3 aromatic rings. The van der Waals surface area contributed by atoms with Gasteiger partial charge in [0.15, 0.2) is 11.5 Å². The minimum atomic E-state index is 0.561. The van der Waals surface area contributed by atoms with Gasteiger partial charge in [-0.2, -0.15) is 5.10 Å². The predicted molar refractivity (Wildman–Crippen MR) is 113 cm³/mol. The van der Waals surface area contributed by atoms with E-state index in [1.54, 1.807) is 6.21 Å². The van der Waals surface area contributed by atoms with E-state index in [1.165, 1.54) is 0 Å². The first-order valence-electron chi connectivity index (χ1n) is 9.01. The van der Waals surface area contributed by atoms with Crippen LogP contribution in [0.25, 0.3) is 11.0 Å². The van der Waals surface area contributed by atoms with Crippen LogP contribution in [0.1, 0.15) is 26.3 Å². The van der Waals surface area contributed by atoms with Crippen molar-refractivity contribution in [3.05, 3.63) is 46.4 Å². The highest BCUT2D eigenvalue weighted by molar-refractivity contribution is 9.10. The molecule has 0 fully saturated rings. The Labute approximate surface area is 167 Å². The molecule has 142 valence electrons. The maximum absolute atomic E-state index is 5.70. The fourth-order valence-corrected chi connectivity index (χ4v) is 3.43. The number of anilines is 1. The topological polar surface area (TPSA) is 60.7 Å². The Kier molecular flexibility index (Phi) is 6.34. The van der Waals surface area contributed by atoms with E-state index in [-0.39, 0.29) is 0 Å². The summed E-state index contributed by atoms with van der Waals surface area (Å²) >= 11 is 3.55. The van der Waals surface area contributed by atoms with Crippen molar-refractivity contribution in [2.75, 3.05) is 18.6 Å². The maximum Gasteiger partial charge on any atom is 0.224 e. The summed E-state index contributed by atoms with van der Waals surface area (Å²) in [7, 11) is 0. The first-order chi connectivity index (χ1) is 13.2. The van der Waals surface area contributed by atoms with Gasteiger partial charge in [-0.15, -0.1) is 0 Å². The van der Waals surface area contributed by atoms with E-state index in [1.807, 2.05) is 44.2 Å². The smallest absolute Gasteiger partial charge is 0.224 e. The van der Waals surface area contributed by atoms with Gasteiger partial charge in [0.25, 0.3) is 0 Å². The van der Waals surface area contributed by atoms with Gasteiger partial charge in [-0.1, -0.05) is 12.1 Å². The van der Waals surface area contributed by atoms with Gasteiger partial charge in [-0.3, -0.25) is 0 Å². The molecule has 6 nitrogen and oxygen atoms in total. The zero-order chi connectivity index (χ0) is 19.2. The van der Waals surface area contributed by atoms with Crippen molar-refractivity contribution in [1.82, 2.24) is 9.55 Å². The van der Waals surface area contributed by atoms with Crippen LogP contribution in [0, 0.1) is 0 Å². The maximum atomic E-state index is 5.70. The van der Waals surface area contributed by atoms with E-state index in [9.17, 15) is 0 Å². The fourth-order valence-electron chi connectivity index (χ4n) is 2.86. The number of hydrogen-bond donors (Lipinski definition) is 1. The molecule has 0 aliphatic heterocycles. The summed E-state index contributed by atoms with van der Waals surface area (Å²) in [6.45, 7) is 7.91. The Balaban J connectivity index is 1.84. The molecule has 0 radical (unpaired) electrons. The van der Waals surface area contributed by atoms with Gasteiger partial charge in [-0.25, -0.2) is 10.4 Å². The first-order valence-corrected chi connectivity index (χ1v) is 9.80. The number of hydrogen-bond acceptors (Lipinski definition) is 5. The van der Waals surface area contributed by atoms with Crippen LogP contribution in [0.4, 0.5) is 5.95 Å². The summed E-state index contributed by atoms with van der Waals surface area (Å²) in [4.78, 5) is 4.60. The van der Waals surface area contributed by atoms with Crippen LogP contribution >= 0.6 is 15.9 Å². The van der Waals surface area contributed by atoms with Gasteiger partial charge >= 0.3 is 0 Å². The van der Waals surface area contributed by atoms with Crippen LogP contribution in [0.2, 0.25) is 0 Å². The van der Waals surface area contributed by atoms with Crippen LogP contribution in [0.3, 0.4) is 0 Å². The van der Waals surface area contributed by atoms with Crippen LogP contribution in [0.15, 0.2) is 46.0 Å². The Morgan fingerprint density at radius 1 is 1.15 bits per heavy atom. The third kappa shape index (κ3) is 4.24. The van der Waals surface area contributed by atoms with E-state index in [4.69, 9.17) is 9.47 Å². The van der Waals surface area contributed by atoms with Crippen LogP contribution < -0.4 is 14.9 Å². The number of nitrogens with zero attached hydrogens (tertiary/aromatic N) is 3. The number of ether oxygens (including phenoxy) is 2. The molecule has 7 heteroatoms. The third-order valence-corrected chi connectivity index (χ3v) is 4.56. The molecule has 1 aromatic heterocycles. The summed E-state index contributed by atoms with van der Waals surface area (Å²) in [5, 5.41) is 4.36. The van der Waals surface area contributed by atoms with Gasteiger partial charge in [0.05, 0.1) is 34.9 Å². The van der Waals surface area contributed by atoms with E-state index >= 15 is 0 Å². The molecule has 3 rings (SSSR count). The Morgan fingerprint density at radius 3 is 2.67 bits per heavy atom. The van der Waals surface area contributed by atoms with Gasteiger partial charge in [0, 0.05) is 6.54 Å². The molecular formula is C20H23BrN4O2. The van der Waals surface area contributed by atoms with Crippen LogP contribution in [-0.4, -0.2) is 29.0 Å². The lowest BCUT2D eigenvalue weighted by Crippen LogP contribution is -2.02. The minimum absolute atomic E-state index is 0.561. The molecule has 0 saturated carbocycles. The summed E-state index contributed by atoms with van der Waals surface area (Å²) in [5.74, 6) is 2.11. The minimum Gasteiger partial charge on any atom is -0.490 e. The van der Waals surface area contributed by atoms with Crippen LogP contribution in [0.5, 0.6) is 11.5 Å². The number of fused-ring (bicyclic) bond motifs is 1. The largest absolute Gasteiger partial charge is 0.490 e. The number of aryl methyl sites for hydroxylation is 1. The first kappa shape index (κ1) is 19.2. The molecular weight excluding hydrogens is 408 g/mol. The molecule has 0 aliphatic carbocycles. The van der Waals surface area contributed by atoms with E-state index in [2.05, 4.69) is 49.0 Å². The summed E-state index contributed by atoms with van der Waals surface area (Å²) in [6.07, 6.45) is 1.74. The normalized spacial score (nSPS) is 11.3. The number of hydrazone groups is 1. The van der Waals surface area contributed by atoms with Crippen molar-refractivity contribution in [2.24, 2.45) is 5.10 Å². The molecule has 0 aliphatic rings. The monoisotopic (exact) mass is 430 g/mol. The highest BCUT2D eigenvalue weighted by atomic mass is 79.9. The van der Waals surface area contributed by atoms with Crippen molar-refractivity contribution < 1.29 is 9.47 Å². The molecule has 0 atom stereocenters. The average Bonchev–Trinajstić information content (AvgIpc) is 3.02. The molecule has 0 unspecified atom stereocenters. The standard InChI is InChI=1S/C20H23BrN4O2/c1-4-25-17-10-8-7-9-16(17)23-20(25)24-22-13-14-11-15(21)19(27-6-3)18(12-14)26-5-2/h7-13H,4-6H2,1-3H3,(H,23,24)/b22-13-. The molecule has 0 spiro atoms. The van der Waals surface area contributed by atoms with E-state index in [0.29, 0.717) is 30.7 Å². The van der Waals surface area contributed by atoms with Crippen molar-refractivity contribution in [2.45, 2.75) is 27.3 Å². The number of rotatable bonds is 8. The number of para-hydroxylation sites is 2. The Hall–Kier alpha value is -2.54. The Morgan fingerprint density at radius 2 is 1.93 bits per heavy atom. The number of aromatic nitrogens is 2. The lowest BCUT2D eigenvalue weighted by atomic mass is 10.2. The molecule has 1 heterocycles. The third-order valence-electron chi connectivity index (χ3n) is 3.97. The molecule has 0 saturated heterocycles. The van der Waals surface area contributed by atoms with Gasteiger partial charge in [0.2, 0.25) is 5.95 Å². The van der Waals surface area contributed by atoms with Crippen LogP contribution in [-0.2, 0) is 6.54 Å². The SMILES string of the molecule is CCOc1cc(/C=N\Nc2nc3ccccc3n2CC)cc(Br)c1OCC. The molecule has 1 N–H and O–H groups in total. The molecule has 27 heavy (non-hydrogen) atoms. The summed E-state index contributed by atoms with van der Waals surface area (Å²) in [6, 6.07) is 11.9. The fraction of sp³-hybridized carbons (Fsp3) is 0.300. The zero-order valence-electron chi connectivity index (χ0n) is 15.7. The highest BCUT2D eigenvalue weighted by Crippen LogP contribution is 2.36. The number of benzene rings is 2. The van der Waals surface area contributed by atoms with Crippen molar-refractivity contribution in [3.8, 4) is 11.5 Å². The predicted octanol–water partition coefficient (Wildman–Crippen LogP) is 5.06. The lowest BCUT2D eigenvalue weighted by molar-refractivity contribution is 0.286. The van der Waals surface area contributed by atoms with Crippen molar-refractivity contribution in [3.63, 3.8) is 0 Å². The quantitative estimate of drug-likeness (QED) is 0.400. The van der Waals surface area contributed by atoms with Crippen molar-refractivity contribution in [1.29, 1.82) is 0 Å². The Bertz CT molecular complexity index is 953.